The van der Waals surface area contributed by atoms with Crippen LogP contribution in [0, 0.1) is 0 Å². The first kappa shape index (κ1) is 8.72. The molecule has 0 radical (unpaired) electrons. The van der Waals surface area contributed by atoms with Crippen LogP contribution in [0.15, 0.2) is 35.2 Å². The monoisotopic (exact) mass is 197 g/mol. The summed E-state index contributed by atoms with van der Waals surface area (Å²) in [6.45, 7) is 0. The number of hydrogen-bond acceptors (Lipinski definition) is 3. The number of benzene rings is 1. The predicted octanol–water partition coefficient (Wildman–Crippen LogP) is 0.909. The van der Waals surface area contributed by atoms with Crippen LogP contribution in [0.2, 0.25) is 0 Å². The number of sulfone groups is 1. The highest BCUT2D eigenvalue weighted by atomic mass is 32.2. The van der Waals surface area contributed by atoms with Crippen LogP contribution in [0.25, 0.3) is 0 Å². The molecule has 1 aromatic rings. The topological polar surface area (TPSA) is 60.2 Å². The Morgan fingerprint density at radius 1 is 1.15 bits per heavy atom. The molecule has 1 aromatic carbocycles. The lowest BCUT2D eigenvalue weighted by Gasteiger charge is -2.09. The van der Waals surface area contributed by atoms with E-state index in [0.29, 0.717) is 17.7 Å². The smallest absolute Gasteiger partial charge is 0.196 e. The van der Waals surface area contributed by atoms with Gasteiger partial charge in [-0.3, -0.25) is 0 Å². The zero-order chi connectivity index (χ0) is 9.53. The van der Waals surface area contributed by atoms with Crippen molar-refractivity contribution in [3.63, 3.8) is 0 Å². The summed E-state index contributed by atoms with van der Waals surface area (Å²) in [7, 11) is -3.29. The molecule has 0 spiro atoms. The first-order valence-corrected chi connectivity index (χ1v) is 5.63. The predicted molar refractivity (Wildman–Crippen MR) is 49.8 cm³/mol. The minimum absolute atomic E-state index is 0.329. The molecule has 4 heteroatoms. The van der Waals surface area contributed by atoms with Gasteiger partial charge in [-0.2, -0.15) is 0 Å². The Kier molecular flexibility index (Phi) is 1.72. The van der Waals surface area contributed by atoms with E-state index in [1.54, 1.807) is 30.3 Å². The molecule has 0 aromatic heterocycles. The summed E-state index contributed by atoms with van der Waals surface area (Å²) in [4.78, 5) is -0.649. The van der Waals surface area contributed by atoms with Crippen LogP contribution in [0.3, 0.4) is 0 Å². The number of rotatable bonds is 2. The zero-order valence-electron chi connectivity index (χ0n) is 7.10. The van der Waals surface area contributed by atoms with Crippen molar-refractivity contribution in [1.29, 1.82) is 0 Å². The highest BCUT2D eigenvalue weighted by Gasteiger charge is 2.51. The third kappa shape index (κ3) is 1.26. The molecule has 0 aliphatic heterocycles. The van der Waals surface area contributed by atoms with Gasteiger partial charge in [0, 0.05) is 0 Å². The molecule has 0 amide bonds. The van der Waals surface area contributed by atoms with Crippen LogP contribution in [0.5, 0.6) is 0 Å². The Hall–Kier alpha value is -0.870. The van der Waals surface area contributed by atoms with Crippen LogP contribution in [-0.2, 0) is 9.84 Å². The van der Waals surface area contributed by atoms with Gasteiger partial charge in [-0.25, -0.2) is 8.42 Å². The maximum absolute atomic E-state index is 11.8. The molecule has 2 N–H and O–H groups in total. The number of hydrogen-bond donors (Lipinski definition) is 1. The maximum atomic E-state index is 11.8. The van der Waals surface area contributed by atoms with E-state index in [4.69, 9.17) is 5.73 Å². The molecule has 2 rings (SSSR count). The van der Waals surface area contributed by atoms with Crippen LogP contribution < -0.4 is 5.73 Å². The molecule has 0 unspecified atom stereocenters. The average molecular weight is 197 g/mol. The van der Waals surface area contributed by atoms with E-state index in [1.165, 1.54) is 0 Å². The second kappa shape index (κ2) is 2.56. The van der Waals surface area contributed by atoms with Gasteiger partial charge in [0.1, 0.15) is 4.87 Å². The van der Waals surface area contributed by atoms with Crippen molar-refractivity contribution in [3.05, 3.63) is 30.3 Å². The standard InChI is InChI=1S/C9H11NO2S/c10-9(6-7-9)13(11,12)8-4-2-1-3-5-8/h1-5H,6-7,10H2. The molecule has 0 heterocycles. The largest absolute Gasteiger partial charge is 0.312 e. The lowest BCUT2D eigenvalue weighted by molar-refractivity contribution is 0.579. The van der Waals surface area contributed by atoms with Crippen molar-refractivity contribution in [2.45, 2.75) is 22.6 Å². The fourth-order valence-electron chi connectivity index (χ4n) is 1.23. The third-order valence-electron chi connectivity index (χ3n) is 2.33. The fourth-order valence-corrected chi connectivity index (χ4v) is 2.85. The zero-order valence-corrected chi connectivity index (χ0v) is 7.92. The first-order chi connectivity index (χ1) is 6.06. The van der Waals surface area contributed by atoms with Crippen molar-refractivity contribution in [2.24, 2.45) is 5.73 Å². The Balaban J connectivity index is 2.48. The van der Waals surface area contributed by atoms with Gasteiger partial charge in [-0.05, 0) is 25.0 Å². The lowest BCUT2D eigenvalue weighted by Crippen LogP contribution is -2.32. The van der Waals surface area contributed by atoms with Crippen molar-refractivity contribution >= 4 is 9.84 Å². The van der Waals surface area contributed by atoms with Crippen molar-refractivity contribution in [3.8, 4) is 0 Å². The lowest BCUT2D eigenvalue weighted by atomic mass is 10.4. The molecular weight excluding hydrogens is 186 g/mol. The number of nitrogens with two attached hydrogens (primary N) is 1. The van der Waals surface area contributed by atoms with E-state index in [1.807, 2.05) is 0 Å². The van der Waals surface area contributed by atoms with E-state index in [-0.39, 0.29) is 0 Å². The van der Waals surface area contributed by atoms with Crippen LogP contribution in [0.4, 0.5) is 0 Å². The van der Waals surface area contributed by atoms with Gasteiger partial charge in [-0.15, -0.1) is 0 Å². The van der Waals surface area contributed by atoms with Gasteiger partial charge in [0.2, 0.25) is 0 Å². The van der Waals surface area contributed by atoms with E-state index in [2.05, 4.69) is 0 Å². The third-order valence-corrected chi connectivity index (χ3v) is 4.70. The van der Waals surface area contributed by atoms with E-state index >= 15 is 0 Å². The van der Waals surface area contributed by atoms with Crippen molar-refractivity contribution in [1.82, 2.24) is 0 Å². The van der Waals surface area contributed by atoms with Gasteiger partial charge in [-0.1, -0.05) is 18.2 Å². The molecule has 1 aliphatic carbocycles. The maximum Gasteiger partial charge on any atom is 0.196 e. The summed E-state index contributed by atoms with van der Waals surface area (Å²) < 4.78 is 23.6. The van der Waals surface area contributed by atoms with E-state index in [0.717, 1.165) is 0 Å². The van der Waals surface area contributed by atoms with Crippen molar-refractivity contribution in [2.75, 3.05) is 0 Å². The SMILES string of the molecule is NC1(S(=O)(=O)c2ccccc2)CC1. The molecule has 70 valence electrons. The molecule has 0 atom stereocenters. The van der Waals surface area contributed by atoms with E-state index in [9.17, 15) is 8.42 Å². The summed E-state index contributed by atoms with van der Waals surface area (Å²) in [6, 6.07) is 8.37. The minimum Gasteiger partial charge on any atom is -0.312 e. The summed E-state index contributed by atoms with van der Waals surface area (Å²) in [5.74, 6) is 0. The van der Waals surface area contributed by atoms with E-state index < -0.39 is 14.7 Å². The summed E-state index contributed by atoms with van der Waals surface area (Å²) in [6.07, 6.45) is 1.15. The molecule has 1 aliphatic rings. The molecular formula is C9H11NO2S. The molecule has 1 saturated carbocycles. The summed E-state index contributed by atoms with van der Waals surface area (Å²) in [5.41, 5.74) is 5.67. The Labute approximate surface area is 77.5 Å². The fraction of sp³-hybridized carbons (Fsp3) is 0.333. The van der Waals surface area contributed by atoms with Crippen LogP contribution >= 0.6 is 0 Å². The second-order valence-corrected chi connectivity index (χ2v) is 5.67. The second-order valence-electron chi connectivity index (χ2n) is 3.38. The summed E-state index contributed by atoms with van der Waals surface area (Å²) in [5, 5.41) is 0. The van der Waals surface area contributed by atoms with Gasteiger partial charge < -0.3 is 5.73 Å². The summed E-state index contributed by atoms with van der Waals surface area (Å²) >= 11 is 0. The highest BCUT2D eigenvalue weighted by Crippen LogP contribution is 2.41. The Morgan fingerprint density at radius 2 is 1.69 bits per heavy atom. The van der Waals surface area contributed by atoms with Gasteiger partial charge >= 0.3 is 0 Å². The van der Waals surface area contributed by atoms with Gasteiger partial charge in [0.25, 0.3) is 0 Å². The Bertz CT molecular complexity index is 407. The molecule has 1 fully saturated rings. The van der Waals surface area contributed by atoms with Crippen molar-refractivity contribution < 1.29 is 8.42 Å². The minimum atomic E-state index is -3.29. The first-order valence-electron chi connectivity index (χ1n) is 4.15. The van der Waals surface area contributed by atoms with Gasteiger partial charge in [0.15, 0.2) is 9.84 Å². The Morgan fingerprint density at radius 3 is 2.15 bits per heavy atom. The highest BCUT2D eigenvalue weighted by molar-refractivity contribution is 7.93. The van der Waals surface area contributed by atoms with Crippen LogP contribution in [0.1, 0.15) is 12.8 Å². The molecule has 3 nitrogen and oxygen atoms in total. The van der Waals surface area contributed by atoms with Crippen LogP contribution in [-0.4, -0.2) is 13.3 Å². The molecule has 0 bridgehead atoms. The van der Waals surface area contributed by atoms with Gasteiger partial charge in [0.05, 0.1) is 4.90 Å². The quantitative estimate of drug-likeness (QED) is 0.766. The normalized spacial score (nSPS) is 19.8. The molecule has 0 saturated heterocycles. The molecule has 13 heavy (non-hydrogen) atoms. The average Bonchev–Trinajstić information content (AvgIpc) is 2.87.